The Hall–Kier alpha value is -2.96. The summed E-state index contributed by atoms with van der Waals surface area (Å²) in [5.74, 6) is 1.20. The molecular weight excluding hydrogens is 318 g/mol. The normalized spacial score (nSPS) is 11.2. The molecule has 7 nitrogen and oxygen atoms in total. The molecule has 0 spiro atoms. The summed E-state index contributed by atoms with van der Waals surface area (Å²) in [4.78, 5) is 28.4. The summed E-state index contributed by atoms with van der Waals surface area (Å²) in [6.07, 6.45) is 2.49. The molecule has 3 aromatic rings. The Morgan fingerprint density at radius 1 is 1.28 bits per heavy atom. The Kier molecular flexibility index (Phi) is 4.65. The SMILES string of the molecule is CC(=O)c1cn(CC(=O)Nc2n[nH]c(CC(C)C)n2)c2ccccc12. The van der Waals surface area contributed by atoms with Gasteiger partial charge in [0.05, 0.1) is 0 Å². The van der Waals surface area contributed by atoms with Crippen molar-refractivity contribution in [1.29, 1.82) is 0 Å². The molecule has 0 saturated heterocycles. The highest BCUT2D eigenvalue weighted by Crippen LogP contribution is 2.21. The molecular formula is C18H21N5O2. The first kappa shape index (κ1) is 16.9. The fraction of sp³-hybridized carbons (Fsp3) is 0.333. The average Bonchev–Trinajstić information content (AvgIpc) is 3.12. The van der Waals surface area contributed by atoms with Crippen molar-refractivity contribution in [2.24, 2.45) is 5.92 Å². The number of carbonyl (C=O) groups excluding carboxylic acids is 2. The Bertz CT molecular complexity index is 923. The van der Waals surface area contributed by atoms with Crippen molar-refractivity contribution >= 4 is 28.5 Å². The molecule has 25 heavy (non-hydrogen) atoms. The number of rotatable bonds is 6. The molecule has 0 saturated carbocycles. The fourth-order valence-electron chi connectivity index (χ4n) is 2.81. The van der Waals surface area contributed by atoms with Crippen molar-refractivity contribution in [2.45, 2.75) is 33.7 Å². The number of Topliss-reactive ketones (excluding diaryl/α,β-unsaturated/α-hetero) is 1. The highest BCUT2D eigenvalue weighted by atomic mass is 16.2. The highest BCUT2D eigenvalue weighted by molar-refractivity contribution is 6.07. The number of amides is 1. The number of nitrogens with zero attached hydrogens (tertiary/aromatic N) is 3. The molecule has 130 valence electrons. The van der Waals surface area contributed by atoms with Gasteiger partial charge in [-0.25, -0.2) is 0 Å². The van der Waals surface area contributed by atoms with Crippen molar-refractivity contribution in [2.75, 3.05) is 5.32 Å². The van der Waals surface area contributed by atoms with Gasteiger partial charge in [0.15, 0.2) is 5.78 Å². The third-order valence-electron chi connectivity index (χ3n) is 3.87. The molecule has 3 rings (SSSR count). The van der Waals surface area contributed by atoms with Gasteiger partial charge in [-0.05, 0) is 18.9 Å². The number of nitrogens with one attached hydrogen (secondary N) is 2. The van der Waals surface area contributed by atoms with Crippen LogP contribution in [0.1, 0.15) is 37.0 Å². The lowest BCUT2D eigenvalue weighted by atomic mass is 10.1. The summed E-state index contributed by atoms with van der Waals surface area (Å²) in [5.41, 5.74) is 1.46. The summed E-state index contributed by atoms with van der Waals surface area (Å²) in [5, 5.41) is 10.4. The lowest BCUT2D eigenvalue weighted by Gasteiger charge is -2.04. The van der Waals surface area contributed by atoms with Gasteiger partial charge < -0.3 is 4.57 Å². The Balaban J connectivity index is 1.76. The minimum absolute atomic E-state index is 0.0253. The zero-order chi connectivity index (χ0) is 18.0. The maximum atomic E-state index is 12.3. The second-order valence-electron chi connectivity index (χ2n) is 6.50. The summed E-state index contributed by atoms with van der Waals surface area (Å²) < 4.78 is 1.77. The van der Waals surface area contributed by atoms with Crippen LogP contribution in [0.3, 0.4) is 0 Å². The largest absolute Gasteiger partial charge is 0.337 e. The first-order valence-corrected chi connectivity index (χ1v) is 8.24. The molecule has 0 aliphatic rings. The number of benzene rings is 1. The minimum Gasteiger partial charge on any atom is -0.337 e. The van der Waals surface area contributed by atoms with Crippen LogP contribution >= 0.6 is 0 Å². The van der Waals surface area contributed by atoms with Crippen molar-refractivity contribution < 1.29 is 9.59 Å². The maximum Gasteiger partial charge on any atom is 0.248 e. The van der Waals surface area contributed by atoms with Crippen LogP contribution < -0.4 is 5.32 Å². The lowest BCUT2D eigenvalue weighted by molar-refractivity contribution is -0.116. The van der Waals surface area contributed by atoms with E-state index < -0.39 is 0 Å². The van der Waals surface area contributed by atoms with Crippen molar-refractivity contribution in [1.82, 2.24) is 19.7 Å². The van der Waals surface area contributed by atoms with Crippen LogP contribution in [0.15, 0.2) is 30.5 Å². The van der Waals surface area contributed by atoms with Crippen LogP contribution in [0.25, 0.3) is 10.9 Å². The quantitative estimate of drug-likeness (QED) is 0.675. The van der Waals surface area contributed by atoms with Crippen molar-refractivity contribution in [3.05, 3.63) is 41.9 Å². The van der Waals surface area contributed by atoms with Gasteiger partial charge in [-0.1, -0.05) is 32.0 Å². The monoisotopic (exact) mass is 339 g/mol. The number of carbonyl (C=O) groups is 2. The molecule has 2 aromatic heterocycles. The molecule has 0 aliphatic heterocycles. The van der Waals surface area contributed by atoms with Crippen molar-refractivity contribution in [3.63, 3.8) is 0 Å². The number of aromatic nitrogens is 4. The van der Waals surface area contributed by atoms with Crippen LogP contribution in [-0.2, 0) is 17.8 Å². The van der Waals surface area contributed by atoms with E-state index in [0.29, 0.717) is 11.5 Å². The number of para-hydroxylation sites is 1. The maximum absolute atomic E-state index is 12.3. The molecule has 7 heteroatoms. The van der Waals surface area contributed by atoms with Crippen LogP contribution in [0.5, 0.6) is 0 Å². The molecule has 0 aliphatic carbocycles. The Morgan fingerprint density at radius 3 is 2.76 bits per heavy atom. The van der Waals surface area contributed by atoms with Crippen molar-refractivity contribution in [3.8, 4) is 0 Å². The first-order chi connectivity index (χ1) is 11.9. The third kappa shape index (κ3) is 3.76. The highest BCUT2D eigenvalue weighted by Gasteiger charge is 2.14. The summed E-state index contributed by atoms with van der Waals surface area (Å²) in [6, 6.07) is 7.54. The van der Waals surface area contributed by atoms with E-state index in [0.717, 1.165) is 23.1 Å². The average molecular weight is 339 g/mol. The molecule has 2 N–H and O–H groups in total. The van der Waals surface area contributed by atoms with Crippen LogP contribution in [0.4, 0.5) is 5.95 Å². The number of fused-ring (bicyclic) bond motifs is 1. The van der Waals surface area contributed by atoms with Gasteiger partial charge in [0.1, 0.15) is 12.4 Å². The smallest absolute Gasteiger partial charge is 0.248 e. The van der Waals surface area contributed by atoms with Crippen LogP contribution in [0.2, 0.25) is 0 Å². The van der Waals surface area contributed by atoms with Gasteiger partial charge >= 0.3 is 0 Å². The van der Waals surface area contributed by atoms with Crippen LogP contribution in [-0.4, -0.2) is 31.4 Å². The predicted molar refractivity (Wildman–Crippen MR) is 95.5 cm³/mol. The molecule has 0 bridgehead atoms. The van der Waals surface area contributed by atoms with Gasteiger partial charge in [-0.3, -0.25) is 20.0 Å². The van der Waals surface area contributed by atoms with E-state index in [1.165, 1.54) is 6.92 Å². The number of ketones is 1. The third-order valence-corrected chi connectivity index (χ3v) is 3.87. The molecule has 2 heterocycles. The number of aromatic amines is 1. The minimum atomic E-state index is -0.244. The fourth-order valence-corrected chi connectivity index (χ4v) is 2.81. The predicted octanol–water partition coefficient (Wildman–Crippen LogP) is 2.80. The lowest BCUT2D eigenvalue weighted by Crippen LogP contribution is -2.19. The van der Waals surface area contributed by atoms with E-state index in [4.69, 9.17) is 0 Å². The van der Waals surface area contributed by atoms with Gasteiger partial charge in [0.2, 0.25) is 11.9 Å². The number of anilines is 1. The molecule has 1 amide bonds. The molecule has 0 fully saturated rings. The zero-order valence-corrected chi connectivity index (χ0v) is 14.5. The van der Waals surface area contributed by atoms with E-state index in [1.807, 2.05) is 24.3 Å². The Labute approximate surface area is 145 Å². The van der Waals surface area contributed by atoms with E-state index in [-0.39, 0.29) is 24.2 Å². The summed E-state index contributed by atoms with van der Waals surface area (Å²) >= 11 is 0. The number of hydrogen-bond acceptors (Lipinski definition) is 4. The van der Waals surface area contributed by atoms with Crippen LogP contribution in [0, 0.1) is 5.92 Å². The molecule has 0 radical (unpaired) electrons. The zero-order valence-electron chi connectivity index (χ0n) is 14.5. The van der Waals surface area contributed by atoms with E-state index in [1.54, 1.807) is 10.8 Å². The van der Waals surface area contributed by atoms with Gasteiger partial charge in [-0.15, -0.1) is 5.10 Å². The Morgan fingerprint density at radius 2 is 2.04 bits per heavy atom. The van der Waals surface area contributed by atoms with Gasteiger partial charge in [0.25, 0.3) is 0 Å². The first-order valence-electron chi connectivity index (χ1n) is 8.24. The summed E-state index contributed by atoms with van der Waals surface area (Å²) in [6.45, 7) is 5.78. The summed E-state index contributed by atoms with van der Waals surface area (Å²) in [7, 11) is 0. The molecule has 0 unspecified atom stereocenters. The second-order valence-corrected chi connectivity index (χ2v) is 6.50. The van der Waals surface area contributed by atoms with E-state index in [9.17, 15) is 9.59 Å². The van der Waals surface area contributed by atoms with E-state index in [2.05, 4.69) is 34.3 Å². The van der Waals surface area contributed by atoms with Gasteiger partial charge in [-0.2, -0.15) is 4.98 Å². The number of hydrogen-bond donors (Lipinski definition) is 2. The standard InChI is InChI=1S/C18H21N5O2/c1-11(2)8-16-19-18(22-21-16)20-17(25)10-23-9-14(12(3)24)13-6-4-5-7-15(13)23/h4-7,9,11H,8,10H2,1-3H3,(H2,19,20,21,22,25). The number of H-pyrrole nitrogens is 1. The van der Waals surface area contributed by atoms with E-state index >= 15 is 0 Å². The molecule has 1 aromatic carbocycles. The molecule has 0 atom stereocenters. The second kappa shape index (κ2) is 6.88. The van der Waals surface area contributed by atoms with Gasteiger partial charge in [0, 0.05) is 29.1 Å². The topological polar surface area (TPSA) is 92.7 Å².